The quantitative estimate of drug-likeness (QED) is 0.280. The van der Waals surface area contributed by atoms with E-state index in [1.54, 1.807) is 0 Å². The Balaban J connectivity index is 1.49. The van der Waals surface area contributed by atoms with Crippen LogP contribution in [-0.2, 0) is 0 Å². The molecule has 4 aliphatic heterocycles. The van der Waals surface area contributed by atoms with E-state index in [9.17, 15) is 0 Å². The highest BCUT2D eigenvalue weighted by atomic mass is 15.4. The van der Waals surface area contributed by atoms with Gasteiger partial charge in [0.1, 0.15) is 11.6 Å². The highest BCUT2D eigenvalue weighted by molar-refractivity contribution is 5.40. The first-order valence-corrected chi connectivity index (χ1v) is 6.41. The van der Waals surface area contributed by atoms with Crippen LogP contribution in [-0.4, -0.2) is 0 Å². The summed E-state index contributed by atoms with van der Waals surface area (Å²) >= 11 is 0. The molecule has 0 fully saturated rings. The Bertz CT molecular complexity index is 600. The van der Waals surface area contributed by atoms with Crippen LogP contribution >= 0.6 is 0 Å². The molecule has 0 atom stereocenters. The van der Waals surface area contributed by atoms with E-state index in [4.69, 9.17) is 0 Å². The van der Waals surface area contributed by atoms with Gasteiger partial charge in [-0.2, -0.15) is 0 Å². The van der Waals surface area contributed by atoms with Gasteiger partial charge in [-0.1, -0.05) is 0 Å². The standard InChI is InChI=1S/C12H16N8/c1-5-6(2)16-9(15-5)10-19-11-12(20-10)18-8(17-11)7-13-3-4-14-7/h3-4,13-20H,1-2H3. The predicted molar refractivity (Wildman–Crippen MR) is 73.7 cm³/mol. The Morgan fingerprint density at radius 1 is 0.500 bits per heavy atom. The monoisotopic (exact) mass is 272 g/mol. The molecule has 8 N–H and O–H groups in total. The summed E-state index contributed by atoms with van der Waals surface area (Å²) in [7, 11) is 0. The van der Waals surface area contributed by atoms with Crippen LogP contribution in [0.3, 0.4) is 0 Å². The first kappa shape index (κ1) is 11.0. The molecule has 4 heterocycles. The summed E-state index contributed by atoms with van der Waals surface area (Å²) in [4.78, 5) is 0. The van der Waals surface area contributed by atoms with E-state index in [0.29, 0.717) is 0 Å². The lowest BCUT2D eigenvalue weighted by atomic mass is 10.4. The number of rotatable bonds is 0. The minimum atomic E-state index is 0.877. The molecule has 0 aromatic heterocycles. The van der Waals surface area contributed by atoms with E-state index < -0.39 is 0 Å². The minimum absolute atomic E-state index is 0.877. The Kier molecular flexibility index (Phi) is 2.08. The van der Waals surface area contributed by atoms with Crippen molar-refractivity contribution in [1.29, 1.82) is 0 Å². The van der Waals surface area contributed by atoms with Gasteiger partial charge in [-0.3, -0.25) is 0 Å². The molecule has 0 aliphatic carbocycles. The van der Waals surface area contributed by atoms with Crippen molar-refractivity contribution in [3.63, 3.8) is 0 Å². The van der Waals surface area contributed by atoms with E-state index in [0.717, 1.165) is 46.3 Å². The second-order valence-electron chi connectivity index (χ2n) is 4.87. The van der Waals surface area contributed by atoms with Crippen molar-refractivity contribution in [2.24, 2.45) is 0 Å². The molecule has 0 bridgehead atoms. The Morgan fingerprint density at radius 3 is 1.30 bits per heavy atom. The molecule has 20 heavy (non-hydrogen) atoms. The molecule has 0 aromatic rings. The van der Waals surface area contributed by atoms with Crippen LogP contribution in [0.2, 0.25) is 0 Å². The van der Waals surface area contributed by atoms with Gasteiger partial charge in [0.2, 0.25) is 0 Å². The van der Waals surface area contributed by atoms with Gasteiger partial charge in [-0.25, -0.2) is 0 Å². The molecular formula is C12H16N8. The zero-order valence-corrected chi connectivity index (χ0v) is 11.2. The summed E-state index contributed by atoms with van der Waals surface area (Å²) in [6, 6.07) is 0. The molecule has 0 saturated heterocycles. The molecule has 8 heteroatoms. The zero-order valence-electron chi connectivity index (χ0n) is 11.2. The van der Waals surface area contributed by atoms with Crippen LogP contribution in [0.5, 0.6) is 0 Å². The highest BCUT2D eigenvalue weighted by Gasteiger charge is 2.30. The molecular weight excluding hydrogens is 256 g/mol. The van der Waals surface area contributed by atoms with Crippen molar-refractivity contribution < 1.29 is 0 Å². The fourth-order valence-corrected chi connectivity index (χ4v) is 2.28. The Hall–Kier alpha value is -2.90. The van der Waals surface area contributed by atoms with Gasteiger partial charge in [-0.15, -0.1) is 0 Å². The van der Waals surface area contributed by atoms with Crippen LogP contribution in [0, 0.1) is 0 Å². The summed E-state index contributed by atoms with van der Waals surface area (Å²) < 4.78 is 0. The SMILES string of the molecule is CC1=C(C)NC(=C2NC3=C(NC(=C4NC=CN4)N3)N2)N1. The molecule has 0 radical (unpaired) electrons. The summed E-state index contributed by atoms with van der Waals surface area (Å²) in [5, 5.41) is 26.0. The van der Waals surface area contributed by atoms with Crippen LogP contribution in [0.4, 0.5) is 0 Å². The lowest BCUT2D eigenvalue weighted by Crippen LogP contribution is -2.34. The van der Waals surface area contributed by atoms with Crippen molar-refractivity contribution in [3.05, 3.63) is 58.7 Å². The highest BCUT2D eigenvalue weighted by Crippen LogP contribution is 2.19. The van der Waals surface area contributed by atoms with Crippen molar-refractivity contribution in [3.8, 4) is 0 Å². The molecule has 8 nitrogen and oxygen atoms in total. The third-order valence-electron chi connectivity index (χ3n) is 3.48. The van der Waals surface area contributed by atoms with Crippen LogP contribution < -0.4 is 42.5 Å². The van der Waals surface area contributed by atoms with Crippen LogP contribution in [0.15, 0.2) is 58.7 Å². The summed E-state index contributed by atoms with van der Waals surface area (Å²) in [6.07, 6.45) is 3.68. The lowest BCUT2D eigenvalue weighted by Gasteiger charge is -2.14. The second kappa shape index (κ2) is 3.80. The van der Waals surface area contributed by atoms with Crippen molar-refractivity contribution in [2.75, 3.05) is 0 Å². The van der Waals surface area contributed by atoms with Crippen molar-refractivity contribution in [1.82, 2.24) is 42.5 Å². The molecule has 0 unspecified atom stereocenters. The first-order valence-electron chi connectivity index (χ1n) is 6.41. The molecule has 4 rings (SSSR count). The van der Waals surface area contributed by atoms with E-state index in [-0.39, 0.29) is 0 Å². The van der Waals surface area contributed by atoms with Gasteiger partial charge >= 0.3 is 0 Å². The Morgan fingerprint density at radius 2 is 0.850 bits per heavy atom. The van der Waals surface area contributed by atoms with E-state index in [1.807, 2.05) is 26.2 Å². The molecule has 4 aliphatic rings. The van der Waals surface area contributed by atoms with Crippen molar-refractivity contribution in [2.45, 2.75) is 13.8 Å². The third-order valence-corrected chi connectivity index (χ3v) is 3.48. The minimum Gasteiger partial charge on any atom is -0.344 e. The number of allylic oxidation sites excluding steroid dienone is 2. The maximum absolute atomic E-state index is 3.30. The molecule has 104 valence electrons. The average molecular weight is 272 g/mol. The van der Waals surface area contributed by atoms with Crippen molar-refractivity contribution >= 4 is 0 Å². The van der Waals surface area contributed by atoms with E-state index >= 15 is 0 Å². The van der Waals surface area contributed by atoms with Crippen LogP contribution in [0.1, 0.15) is 13.8 Å². The number of hydrogen-bond acceptors (Lipinski definition) is 8. The summed E-state index contributed by atoms with van der Waals surface area (Å²) in [5.41, 5.74) is 2.25. The molecule has 0 saturated carbocycles. The lowest BCUT2D eigenvalue weighted by molar-refractivity contribution is 0.729. The smallest absolute Gasteiger partial charge is 0.152 e. The van der Waals surface area contributed by atoms with Gasteiger partial charge in [0.05, 0.1) is 0 Å². The third kappa shape index (κ3) is 1.54. The van der Waals surface area contributed by atoms with Gasteiger partial charge < -0.3 is 42.5 Å². The predicted octanol–water partition coefficient (Wildman–Crippen LogP) is -1.14. The normalized spacial score (nSPS) is 22.7. The maximum Gasteiger partial charge on any atom is 0.152 e. The first-order chi connectivity index (χ1) is 9.70. The van der Waals surface area contributed by atoms with E-state index in [2.05, 4.69) is 42.5 Å². The van der Waals surface area contributed by atoms with Gasteiger partial charge in [0, 0.05) is 23.8 Å². The molecule has 0 amide bonds. The topological polar surface area (TPSA) is 96.2 Å². The molecule has 0 spiro atoms. The summed E-state index contributed by atoms with van der Waals surface area (Å²) in [5.74, 6) is 5.38. The van der Waals surface area contributed by atoms with Crippen LogP contribution in [0.25, 0.3) is 0 Å². The fraction of sp³-hybridized carbons (Fsp3) is 0.167. The second-order valence-corrected chi connectivity index (χ2v) is 4.87. The van der Waals surface area contributed by atoms with E-state index in [1.165, 1.54) is 0 Å². The number of hydrogen-bond donors (Lipinski definition) is 8. The Labute approximate surface area is 116 Å². The number of nitrogens with one attached hydrogen (secondary N) is 8. The molecule has 0 aromatic carbocycles. The maximum atomic E-state index is 3.30. The van der Waals surface area contributed by atoms with Gasteiger partial charge in [0.15, 0.2) is 23.3 Å². The van der Waals surface area contributed by atoms with Gasteiger partial charge in [0.25, 0.3) is 0 Å². The average Bonchev–Trinajstić information content (AvgIpc) is 3.12. The summed E-state index contributed by atoms with van der Waals surface area (Å²) in [6.45, 7) is 4.07. The zero-order chi connectivity index (χ0) is 13.7. The fourth-order valence-electron chi connectivity index (χ4n) is 2.28. The van der Waals surface area contributed by atoms with Gasteiger partial charge in [-0.05, 0) is 13.8 Å². The largest absolute Gasteiger partial charge is 0.344 e.